The van der Waals surface area contributed by atoms with Crippen LogP contribution in [0, 0.1) is 0 Å². The molecule has 0 N–H and O–H groups in total. The van der Waals surface area contributed by atoms with E-state index in [1.165, 1.54) is 0 Å². The van der Waals surface area contributed by atoms with Crippen LogP contribution in [-0.2, 0) is 6.54 Å². The van der Waals surface area contributed by atoms with Gasteiger partial charge in [0, 0.05) is 17.1 Å². The summed E-state index contributed by atoms with van der Waals surface area (Å²) in [6.45, 7) is 0.425. The molecule has 4 nitrogen and oxygen atoms in total. The smallest absolute Gasteiger partial charge is 0.260 e. The van der Waals surface area contributed by atoms with E-state index in [0.29, 0.717) is 17.9 Å². The molecule has 0 radical (unpaired) electrons. The van der Waals surface area contributed by atoms with Gasteiger partial charge in [0.1, 0.15) is 5.82 Å². The lowest BCUT2D eigenvalue weighted by atomic mass is 10.0. The normalized spacial score (nSPS) is 10.8. The average molecular weight is 415 g/mol. The van der Waals surface area contributed by atoms with Crippen LogP contribution in [-0.4, -0.2) is 15.9 Å². The second-order valence-electron chi connectivity index (χ2n) is 7.50. The zero-order valence-electron chi connectivity index (χ0n) is 17.4. The topological polar surface area (TPSA) is 46.1 Å². The number of pyridine rings is 2. The lowest BCUT2D eigenvalue weighted by Crippen LogP contribution is -2.31. The van der Waals surface area contributed by atoms with Crippen LogP contribution in [0.5, 0.6) is 0 Å². The Bertz CT molecular complexity index is 1350. The summed E-state index contributed by atoms with van der Waals surface area (Å²) in [6.07, 6.45) is 1.71. The average Bonchev–Trinajstić information content (AvgIpc) is 2.88. The molecule has 4 heteroatoms. The molecule has 32 heavy (non-hydrogen) atoms. The minimum absolute atomic E-state index is 0.108. The lowest BCUT2D eigenvalue weighted by molar-refractivity contribution is 0.0986. The lowest BCUT2D eigenvalue weighted by Gasteiger charge is -2.23. The largest absolute Gasteiger partial charge is 0.288 e. The van der Waals surface area contributed by atoms with Crippen molar-refractivity contribution in [3.05, 3.63) is 127 Å². The Labute approximate surface area is 186 Å². The van der Waals surface area contributed by atoms with Crippen LogP contribution in [0.15, 0.2) is 115 Å². The first-order chi connectivity index (χ1) is 15.8. The molecule has 5 rings (SSSR count). The monoisotopic (exact) mass is 415 g/mol. The number of carbonyl (C=O) groups is 1. The van der Waals surface area contributed by atoms with Crippen molar-refractivity contribution in [2.75, 3.05) is 4.90 Å². The molecule has 0 saturated heterocycles. The van der Waals surface area contributed by atoms with Gasteiger partial charge < -0.3 is 0 Å². The van der Waals surface area contributed by atoms with E-state index in [0.717, 1.165) is 27.7 Å². The molecular formula is C28H21N3O. The van der Waals surface area contributed by atoms with Gasteiger partial charge in [0.15, 0.2) is 0 Å². The molecule has 0 unspecified atom stereocenters. The molecule has 2 aromatic heterocycles. The van der Waals surface area contributed by atoms with Gasteiger partial charge in [-0.05, 0) is 29.8 Å². The summed E-state index contributed by atoms with van der Waals surface area (Å²) in [7, 11) is 0. The summed E-state index contributed by atoms with van der Waals surface area (Å²) >= 11 is 0. The van der Waals surface area contributed by atoms with Crippen molar-refractivity contribution in [2.45, 2.75) is 6.54 Å². The molecule has 0 atom stereocenters. The van der Waals surface area contributed by atoms with Gasteiger partial charge >= 0.3 is 0 Å². The summed E-state index contributed by atoms with van der Waals surface area (Å²) in [5.74, 6) is 0.506. The highest BCUT2D eigenvalue weighted by Crippen LogP contribution is 2.27. The second kappa shape index (κ2) is 8.82. The maximum atomic E-state index is 14.0. The minimum Gasteiger partial charge on any atom is -0.288 e. The van der Waals surface area contributed by atoms with E-state index in [9.17, 15) is 4.79 Å². The van der Waals surface area contributed by atoms with Gasteiger partial charge in [-0.2, -0.15) is 0 Å². The van der Waals surface area contributed by atoms with Gasteiger partial charge in [0.05, 0.1) is 23.3 Å². The van der Waals surface area contributed by atoms with Crippen LogP contribution in [0.25, 0.3) is 22.2 Å². The van der Waals surface area contributed by atoms with Crippen molar-refractivity contribution in [3.63, 3.8) is 0 Å². The van der Waals surface area contributed by atoms with E-state index >= 15 is 0 Å². The molecule has 154 valence electrons. The van der Waals surface area contributed by atoms with Crippen LogP contribution in [0.3, 0.4) is 0 Å². The van der Waals surface area contributed by atoms with Gasteiger partial charge in [0.2, 0.25) is 0 Å². The molecule has 5 aromatic rings. The Hall–Kier alpha value is -4.31. The summed E-state index contributed by atoms with van der Waals surface area (Å²) in [6, 6.07) is 35.2. The Morgan fingerprint density at radius 3 is 2.19 bits per heavy atom. The third-order valence-electron chi connectivity index (χ3n) is 5.37. The fourth-order valence-corrected chi connectivity index (χ4v) is 3.79. The van der Waals surface area contributed by atoms with E-state index in [1.54, 1.807) is 11.1 Å². The van der Waals surface area contributed by atoms with E-state index in [4.69, 9.17) is 4.98 Å². The summed E-state index contributed by atoms with van der Waals surface area (Å²) in [5, 5.41) is 0.825. The first kappa shape index (κ1) is 19.6. The number of anilines is 1. The van der Waals surface area contributed by atoms with Crippen molar-refractivity contribution in [1.29, 1.82) is 0 Å². The van der Waals surface area contributed by atoms with Crippen LogP contribution in [0.4, 0.5) is 5.82 Å². The van der Waals surface area contributed by atoms with Crippen molar-refractivity contribution in [2.24, 2.45) is 0 Å². The minimum atomic E-state index is -0.108. The summed E-state index contributed by atoms with van der Waals surface area (Å²) < 4.78 is 0. The Morgan fingerprint density at radius 1 is 0.750 bits per heavy atom. The third-order valence-corrected chi connectivity index (χ3v) is 5.37. The Kier molecular flexibility index (Phi) is 5.41. The molecule has 0 aliphatic heterocycles. The van der Waals surface area contributed by atoms with Crippen molar-refractivity contribution < 1.29 is 4.79 Å². The van der Waals surface area contributed by atoms with E-state index in [-0.39, 0.29) is 5.91 Å². The molecule has 0 saturated carbocycles. The number of fused-ring (bicyclic) bond motifs is 1. The number of aromatic nitrogens is 2. The van der Waals surface area contributed by atoms with E-state index in [2.05, 4.69) is 4.98 Å². The van der Waals surface area contributed by atoms with Crippen LogP contribution in [0.2, 0.25) is 0 Å². The maximum absolute atomic E-state index is 14.0. The quantitative estimate of drug-likeness (QED) is 0.346. The Balaban J connectivity index is 1.65. The fraction of sp³-hybridized carbons (Fsp3) is 0.0357. The molecule has 0 bridgehead atoms. The molecule has 0 aliphatic carbocycles. The zero-order valence-corrected chi connectivity index (χ0v) is 17.4. The second-order valence-corrected chi connectivity index (χ2v) is 7.50. The van der Waals surface area contributed by atoms with Gasteiger partial charge in [-0.1, -0.05) is 84.9 Å². The molecule has 2 heterocycles. The number of benzene rings is 3. The van der Waals surface area contributed by atoms with Crippen molar-refractivity contribution >= 4 is 22.6 Å². The summed E-state index contributed by atoms with van der Waals surface area (Å²) in [4.78, 5) is 25.0. The zero-order chi connectivity index (χ0) is 21.8. The van der Waals surface area contributed by atoms with Crippen molar-refractivity contribution in [1.82, 2.24) is 9.97 Å². The van der Waals surface area contributed by atoms with Gasteiger partial charge in [-0.15, -0.1) is 0 Å². The van der Waals surface area contributed by atoms with Crippen LogP contribution in [0.1, 0.15) is 15.9 Å². The number of nitrogens with zero attached hydrogens (tertiary/aromatic N) is 3. The first-order valence-electron chi connectivity index (χ1n) is 10.5. The highest BCUT2D eigenvalue weighted by atomic mass is 16.2. The number of hydrogen-bond acceptors (Lipinski definition) is 3. The third kappa shape index (κ3) is 3.98. The number of amides is 1. The van der Waals surface area contributed by atoms with Crippen LogP contribution >= 0.6 is 0 Å². The molecular weight excluding hydrogens is 394 g/mol. The van der Waals surface area contributed by atoms with E-state index in [1.807, 2.05) is 109 Å². The molecule has 0 spiro atoms. The first-order valence-corrected chi connectivity index (χ1v) is 10.5. The van der Waals surface area contributed by atoms with E-state index < -0.39 is 0 Å². The SMILES string of the molecule is O=C(c1cc(-c2ccccc2)nc2ccccc12)N(Cc1ccccc1)c1ccccn1. The maximum Gasteiger partial charge on any atom is 0.260 e. The van der Waals surface area contributed by atoms with Crippen LogP contribution < -0.4 is 4.90 Å². The van der Waals surface area contributed by atoms with Gasteiger partial charge in [-0.3, -0.25) is 9.69 Å². The molecule has 3 aromatic carbocycles. The van der Waals surface area contributed by atoms with Gasteiger partial charge in [0.25, 0.3) is 5.91 Å². The molecule has 0 aliphatic rings. The highest BCUT2D eigenvalue weighted by molar-refractivity contribution is 6.13. The number of carbonyl (C=O) groups excluding carboxylic acids is 1. The summed E-state index contributed by atoms with van der Waals surface area (Å²) in [5.41, 5.74) is 4.18. The number of hydrogen-bond donors (Lipinski definition) is 0. The molecule has 1 amide bonds. The standard InChI is InChI=1S/C28H21N3O/c32-28(31(27-17-9-10-18-29-27)20-21-11-3-1-4-12-21)24-19-26(22-13-5-2-6-14-22)30-25-16-8-7-15-23(24)25/h1-19H,20H2. The number of para-hydroxylation sites is 1. The predicted molar refractivity (Wildman–Crippen MR) is 128 cm³/mol. The number of rotatable bonds is 5. The Morgan fingerprint density at radius 2 is 1.44 bits per heavy atom. The molecule has 0 fully saturated rings. The van der Waals surface area contributed by atoms with Gasteiger partial charge in [-0.25, -0.2) is 9.97 Å². The predicted octanol–water partition coefficient (Wildman–Crippen LogP) is 6.14. The highest BCUT2D eigenvalue weighted by Gasteiger charge is 2.22. The fourth-order valence-electron chi connectivity index (χ4n) is 3.79. The van der Waals surface area contributed by atoms with Crippen molar-refractivity contribution in [3.8, 4) is 11.3 Å².